The first-order valence-electron chi connectivity index (χ1n) is 9.48. The number of carbonyl (C=O) groups excluding carboxylic acids is 2. The van der Waals surface area contributed by atoms with Crippen LogP contribution in [0.2, 0.25) is 0 Å². The maximum Gasteiger partial charge on any atom is 0.251 e. The molecule has 3 heterocycles. The summed E-state index contributed by atoms with van der Waals surface area (Å²) in [5.41, 5.74) is 2.35. The lowest BCUT2D eigenvalue weighted by Crippen LogP contribution is -2.37. The van der Waals surface area contributed by atoms with E-state index in [9.17, 15) is 9.59 Å². The molecule has 2 N–H and O–H groups in total. The second kappa shape index (κ2) is 7.24. The zero-order chi connectivity index (χ0) is 19.7. The van der Waals surface area contributed by atoms with Crippen molar-refractivity contribution in [3.8, 4) is 0 Å². The number of nitrogens with one attached hydrogen (secondary N) is 2. The lowest BCUT2D eigenvalue weighted by Gasteiger charge is -2.28. The van der Waals surface area contributed by atoms with Crippen molar-refractivity contribution < 1.29 is 14.3 Å². The molecule has 7 nitrogen and oxygen atoms in total. The van der Waals surface area contributed by atoms with Gasteiger partial charge in [0.05, 0.1) is 30.9 Å². The highest BCUT2D eigenvalue weighted by Crippen LogP contribution is 2.37. The molecule has 1 saturated heterocycles. The highest BCUT2D eigenvalue weighted by Gasteiger charge is 2.38. The summed E-state index contributed by atoms with van der Waals surface area (Å²) in [5, 5.41) is 5.76. The maximum atomic E-state index is 12.6. The Morgan fingerprint density at radius 3 is 2.82 bits per heavy atom. The zero-order valence-electron chi connectivity index (χ0n) is 16.1. The van der Waals surface area contributed by atoms with E-state index in [0.29, 0.717) is 31.0 Å². The molecule has 2 aromatic rings. The van der Waals surface area contributed by atoms with Gasteiger partial charge in [-0.2, -0.15) is 0 Å². The van der Waals surface area contributed by atoms with Crippen LogP contribution in [0.15, 0.2) is 36.4 Å². The molecule has 146 valence electrons. The lowest BCUT2D eigenvalue weighted by molar-refractivity contribution is -0.119. The first-order valence-corrected chi connectivity index (χ1v) is 9.48. The van der Waals surface area contributed by atoms with Crippen molar-refractivity contribution in [2.24, 2.45) is 0 Å². The third kappa shape index (κ3) is 3.45. The second-order valence-corrected chi connectivity index (χ2v) is 7.61. The number of fused-ring (bicyclic) bond motifs is 1. The summed E-state index contributed by atoms with van der Waals surface area (Å²) < 4.78 is 5.38. The van der Waals surface area contributed by atoms with Gasteiger partial charge in [-0.3, -0.25) is 9.59 Å². The number of amides is 2. The number of anilines is 2. The fourth-order valence-corrected chi connectivity index (χ4v) is 3.54. The van der Waals surface area contributed by atoms with Gasteiger partial charge in [-0.25, -0.2) is 4.98 Å². The second-order valence-electron chi connectivity index (χ2n) is 7.61. The zero-order valence-corrected chi connectivity index (χ0v) is 16.1. The monoisotopic (exact) mass is 380 g/mol. The van der Waals surface area contributed by atoms with E-state index < -0.39 is 5.41 Å². The van der Waals surface area contributed by atoms with Crippen LogP contribution in [-0.2, 0) is 21.5 Å². The average molecular weight is 380 g/mol. The first-order chi connectivity index (χ1) is 13.4. The molecule has 0 radical (unpaired) electrons. The van der Waals surface area contributed by atoms with Crippen molar-refractivity contribution in [3.63, 3.8) is 0 Å². The van der Waals surface area contributed by atoms with E-state index in [1.54, 1.807) is 12.1 Å². The Kier molecular flexibility index (Phi) is 4.77. The number of hydrogen-bond acceptors (Lipinski definition) is 5. The Balaban J connectivity index is 1.43. The van der Waals surface area contributed by atoms with Crippen LogP contribution in [0, 0.1) is 0 Å². The predicted octanol–water partition coefficient (Wildman–Crippen LogP) is 2.08. The number of aromatic nitrogens is 1. The quantitative estimate of drug-likeness (QED) is 0.849. The third-order valence-corrected chi connectivity index (χ3v) is 5.33. The average Bonchev–Trinajstić information content (AvgIpc) is 2.95. The van der Waals surface area contributed by atoms with E-state index in [1.807, 2.05) is 38.1 Å². The Labute approximate surface area is 164 Å². The number of nitrogens with zero attached hydrogens (tertiary/aromatic N) is 2. The highest BCUT2D eigenvalue weighted by atomic mass is 16.5. The van der Waals surface area contributed by atoms with Crippen molar-refractivity contribution in [1.82, 2.24) is 10.3 Å². The van der Waals surface area contributed by atoms with E-state index in [-0.39, 0.29) is 11.8 Å². The Bertz CT molecular complexity index is 920. The standard InChI is InChI=1S/C21H24N4O3/c1-21(2)16-7-6-14(12-17(16)24-20(21)27)19(26)22-13-15-4-3-5-18(23-15)25-8-10-28-11-9-25/h3-7,12H,8-11,13H2,1-2H3,(H,22,26)(H,24,27). The molecule has 1 fully saturated rings. The minimum Gasteiger partial charge on any atom is -0.378 e. The van der Waals surface area contributed by atoms with Gasteiger partial charge in [-0.15, -0.1) is 0 Å². The van der Waals surface area contributed by atoms with E-state index in [1.165, 1.54) is 0 Å². The molecule has 2 amide bonds. The van der Waals surface area contributed by atoms with Gasteiger partial charge in [0.15, 0.2) is 0 Å². The van der Waals surface area contributed by atoms with Crippen LogP contribution in [0.1, 0.15) is 35.5 Å². The largest absolute Gasteiger partial charge is 0.378 e. The van der Waals surface area contributed by atoms with Crippen LogP contribution in [-0.4, -0.2) is 43.1 Å². The molecule has 0 aliphatic carbocycles. The van der Waals surface area contributed by atoms with Gasteiger partial charge in [-0.1, -0.05) is 12.1 Å². The molecular formula is C21H24N4O3. The summed E-state index contributed by atoms with van der Waals surface area (Å²) >= 11 is 0. The summed E-state index contributed by atoms with van der Waals surface area (Å²) in [6.45, 7) is 7.14. The summed E-state index contributed by atoms with van der Waals surface area (Å²) in [5.74, 6) is 0.655. The minimum atomic E-state index is -0.575. The molecule has 0 spiro atoms. The number of pyridine rings is 1. The molecule has 1 aromatic heterocycles. The van der Waals surface area contributed by atoms with Crippen molar-refractivity contribution in [3.05, 3.63) is 53.2 Å². The number of morpholine rings is 1. The number of hydrogen-bond donors (Lipinski definition) is 2. The van der Waals surface area contributed by atoms with Gasteiger partial charge in [0.25, 0.3) is 5.91 Å². The van der Waals surface area contributed by atoms with Crippen LogP contribution < -0.4 is 15.5 Å². The Morgan fingerprint density at radius 1 is 1.25 bits per heavy atom. The van der Waals surface area contributed by atoms with E-state index in [0.717, 1.165) is 30.2 Å². The molecule has 7 heteroatoms. The summed E-state index contributed by atoms with van der Waals surface area (Å²) in [4.78, 5) is 31.5. The third-order valence-electron chi connectivity index (χ3n) is 5.33. The van der Waals surface area contributed by atoms with Crippen LogP contribution in [0.25, 0.3) is 0 Å². The normalized spacial score (nSPS) is 17.8. The van der Waals surface area contributed by atoms with Crippen molar-refractivity contribution in [2.45, 2.75) is 25.8 Å². The van der Waals surface area contributed by atoms with E-state index >= 15 is 0 Å². The Morgan fingerprint density at radius 2 is 2.04 bits per heavy atom. The topological polar surface area (TPSA) is 83.6 Å². The fraction of sp³-hybridized carbons (Fsp3) is 0.381. The van der Waals surface area contributed by atoms with Crippen LogP contribution in [0.3, 0.4) is 0 Å². The first kappa shape index (κ1) is 18.4. The molecule has 0 unspecified atom stereocenters. The summed E-state index contributed by atoms with van der Waals surface area (Å²) in [7, 11) is 0. The Hall–Kier alpha value is -2.93. The van der Waals surface area contributed by atoms with Crippen LogP contribution >= 0.6 is 0 Å². The lowest BCUT2D eigenvalue weighted by atomic mass is 9.86. The smallest absolute Gasteiger partial charge is 0.251 e. The van der Waals surface area contributed by atoms with Gasteiger partial charge in [0, 0.05) is 24.3 Å². The summed E-state index contributed by atoms with van der Waals surface area (Å²) in [6.07, 6.45) is 0. The molecule has 28 heavy (non-hydrogen) atoms. The molecule has 4 rings (SSSR count). The number of carbonyl (C=O) groups is 2. The van der Waals surface area contributed by atoms with Crippen molar-refractivity contribution in [1.29, 1.82) is 0 Å². The van der Waals surface area contributed by atoms with Gasteiger partial charge in [0.1, 0.15) is 5.82 Å². The fourth-order valence-electron chi connectivity index (χ4n) is 3.54. The van der Waals surface area contributed by atoms with Crippen LogP contribution in [0.5, 0.6) is 0 Å². The van der Waals surface area contributed by atoms with E-state index in [4.69, 9.17) is 4.74 Å². The number of rotatable bonds is 4. The van der Waals surface area contributed by atoms with Gasteiger partial charge < -0.3 is 20.3 Å². The van der Waals surface area contributed by atoms with Crippen molar-refractivity contribution >= 4 is 23.3 Å². The molecule has 0 saturated carbocycles. The summed E-state index contributed by atoms with van der Waals surface area (Å²) in [6, 6.07) is 11.2. The SMILES string of the molecule is CC1(C)C(=O)Nc2cc(C(=O)NCc3cccc(N4CCOCC4)n3)ccc21. The molecule has 1 aromatic carbocycles. The molecule has 2 aliphatic heterocycles. The molecular weight excluding hydrogens is 356 g/mol. The predicted molar refractivity (Wildman–Crippen MR) is 107 cm³/mol. The molecule has 2 aliphatic rings. The number of ether oxygens (including phenoxy) is 1. The van der Waals surface area contributed by atoms with E-state index in [2.05, 4.69) is 20.5 Å². The van der Waals surface area contributed by atoms with Gasteiger partial charge in [-0.05, 0) is 43.7 Å². The minimum absolute atomic E-state index is 0.0517. The van der Waals surface area contributed by atoms with Gasteiger partial charge >= 0.3 is 0 Å². The number of benzene rings is 1. The highest BCUT2D eigenvalue weighted by molar-refractivity contribution is 6.07. The van der Waals surface area contributed by atoms with Crippen molar-refractivity contribution in [2.75, 3.05) is 36.5 Å². The van der Waals surface area contributed by atoms with Gasteiger partial charge in [0.2, 0.25) is 5.91 Å². The molecule has 0 atom stereocenters. The maximum absolute atomic E-state index is 12.6. The van der Waals surface area contributed by atoms with Crippen LogP contribution in [0.4, 0.5) is 11.5 Å². The molecule has 0 bridgehead atoms.